The fraction of sp³-hybridized carbons (Fsp3) is 0.200. The Morgan fingerprint density at radius 2 is 1.83 bits per heavy atom. The Labute approximate surface area is 106 Å². The fourth-order valence-electron chi connectivity index (χ4n) is 1.69. The number of rotatable bonds is 4. The van der Waals surface area contributed by atoms with E-state index < -0.39 is 0 Å². The van der Waals surface area contributed by atoms with E-state index in [0.29, 0.717) is 11.5 Å². The summed E-state index contributed by atoms with van der Waals surface area (Å²) in [6, 6.07) is 13.7. The first-order valence-electron chi connectivity index (χ1n) is 5.98. The number of nitrogens with two attached hydrogens (primary N) is 1. The second-order valence-corrected chi connectivity index (χ2v) is 4.14. The largest absolute Gasteiger partial charge is 0.457 e. The summed E-state index contributed by atoms with van der Waals surface area (Å²) < 4.78 is 18.5. The van der Waals surface area contributed by atoms with Crippen molar-refractivity contribution < 1.29 is 9.13 Å². The van der Waals surface area contributed by atoms with Gasteiger partial charge in [0, 0.05) is 12.1 Å². The van der Waals surface area contributed by atoms with Crippen LogP contribution in [0.4, 0.5) is 4.39 Å². The van der Waals surface area contributed by atoms with Crippen molar-refractivity contribution in [2.75, 3.05) is 0 Å². The Morgan fingerprint density at radius 1 is 1.11 bits per heavy atom. The number of hydrogen-bond donors (Lipinski definition) is 1. The lowest BCUT2D eigenvalue weighted by molar-refractivity contribution is 0.476. The summed E-state index contributed by atoms with van der Waals surface area (Å²) in [5.41, 5.74) is 7.00. The van der Waals surface area contributed by atoms with Crippen molar-refractivity contribution in [2.45, 2.75) is 19.4 Å². The first kappa shape index (κ1) is 12.6. The summed E-state index contributed by atoms with van der Waals surface area (Å²) >= 11 is 0. The van der Waals surface area contributed by atoms with E-state index >= 15 is 0 Å². The molecule has 0 amide bonds. The van der Waals surface area contributed by atoms with E-state index in [-0.39, 0.29) is 11.9 Å². The molecule has 0 saturated carbocycles. The third kappa shape index (κ3) is 3.08. The van der Waals surface area contributed by atoms with Gasteiger partial charge in [0.05, 0.1) is 0 Å². The van der Waals surface area contributed by atoms with Gasteiger partial charge in [0.1, 0.15) is 17.3 Å². The van der Waals surface area contributed by atoms with Crippen molar-refractivity contribution in [2.24, 2.45) is 5.73 Å². The summed E-state index contributed by atoms with van der Waals surface area (Å²) in [7, 11) is 0. The summed E-state index contributed by atoms with van der Waals surface area (Å²) in [6.07, 6.45) is 0.893. The molecule has 0 saturated heterocycles. The van der Waals surface area contributed by atoms with Crippen LogP contribution in [-0.4, -0.2) is 0 Å². The molecule has 1 atom stereocenters. The smallest absolute Gasteiger partial charge is 0.130 e. The lowest BCUT2D eigenvalue weighted by atomic mass is 10.1. The minimum Gasteiger partial charge on any atom is -0.457 e. The van der Waals surface area contributed by atoms with Crippen LogP contribution in [0.25, 0.3) is 0 Å². The van der Waals surface area contributed by atoms with Crippen LogP contribution in [0, 0.1) is 5.82 Å². The number of ether oxygens (including phenoxy) is 1. The number of halogens is 1. The molecule has 0 aliphatic rings. The van der Waals surface area contributed by atoms with E-state index in [9.17, 15) is 4.39 Å². The average Bonchev–Trinajstić information content (AvgIpc) is 2.39. The first-order chi connectivity index (χ1) is 8.69. The third-order valence-electron chi connectivity index (χ3n) is 2.78. The monoisotopic (exact) mass is 245 g/mol. The SMILES string of the molecule is CCC(N)c1ccc(Oc2cccc(F)c2)cc1. The molecule has 2 nitrogen and oxygen atoms in total. The Balaban J connectivity index is 2.11. The summed E-state index contributed by atoms with van der Waals surface area (Å²) in [4.78, 5) is 0. The highest BCUT2D eigenvalue weighted by molar-refractivity contribution is 5.34. The lowest BCUT2D eigenvalue weighted by Crippen LogP contribution is -2.07. The Kier molecular flexibility index (Phi) is 3.95. The molecule has 2 rings (SSSR count). The highest BCUT2D eigenvalue weighted by Crippen LogP contribution is 2.24. The molecule has 0 aliphatic carbocycles. The van der Waals surface area contributed by atoms with Gasteiger partial charge in [0.2, 0.25) is 0 Å². The molecule has 94 valence electrons. The molecule has 0 spiro atoms. The van der Waals surface area contributed by atoms with Crippen LogP contribution in [0.2, 0.25) is 0 Å². The molecule has 0 aromatic heterocycles. The molecule has 2 aromatic carbocycles. The maximum absolute atomic E-state index is 13.0. The van der Waals surface area contributed by atoms with Crippen molar-refractivity contribution in [3.63, 3.8) is 0 Å². The Morgan fingerprint density at radius 3 is 2.44 bits per heavy atom. The number of benzene rings is 2. The summed E-state index contributed by atoms with van der Waals surface area (Å²) in [6.45, 7) is 2.04. The molecule has 3 heteroatoms. The van der Waals surface area contributed by atoms with Gasteiger partial charge in [0.15, 0.2) is 0 Å². The molecule has 0 bridgehead atoms. The van der Waals surface area contributed by atoms with Gasteiger partial charge >= 0.3 is 0 Å². The van der Waals surface area contributed by atoms with Gasteiger partial charge in [-0.15, -0.1) is 0 Å². The lowest BCUT2D eigenvalue weighted by Gasteiger charge is -2.10. The standard InChI is InChI=1S/C15H16FNO/c1-2-15(17)11-6-8-13(9-7-11)18-14-5-3-4-12(16)10-14/h3-10,15H,2,17H2,1H3. The fourth-order valence-corrected chi connectivity index (χ4v) is 1.69. The minimum absolute atomic E-state index is 0.0493. The van der Waals surface area contributed by atoms with Crippen LogP contribution in [0.5, 0.6) is 11.5 Å². The maximum atomic E-state index is 13.0. The second-order valence-electron chi connectivity index (χ2n) is 4.14. The molecular weight excluding hydrogens is 229 g/mol. The van der Waals surface area contributed by atoms with E-state index in [2.05, 4.69) is 0 Å². The van der Waals surface area contributed by atoms with Crippen LogP contribution in [0.3, 0.4) is 0 Å². The van der Waals surface area contributed by atoms with Crippen molar-refractivity contribution in [1.29, 1.82) is 0 Å². The van der Waals surface area contributed by atoms with Crippen molar-refractivity contribution >= 4 is 0 Å². The van der Waals surface area contributed by atoms with Crippen molar-refractivity contribution in [3.8, 4) is 11.5 Å². The molecule has 1 unspecified atom stereocenters. The average molecular weight is 245 g/mol. The normalized spacial score (nSPS) is 12.2. The van der Waals surface area contributed by atoms with Crippen molar-refractivity contribution in [1.82, 2.24) is 0 Å². The topological polar surface area (TPSA) is 35.2 Å². The number of hydrogen-bond acceptors (Lipinski definition) is 2. The van der Waals surface area contributed by atoms with Crippen LogP contribution in [0.15, 0.2) is 48.5 Å². The van der Waals surface area contributed by atoms with Crippen LogP contribution in [0.1, 0.15) is 24.9 Å². The van der Waals surface area contributed by atoms with Gasteiger partial charge in [-0.25, -0.2) is 4.39 Å². The van der Waals surface area contributed by atoms with E-state index in [1.165, 1.54) is 12.1 Å². The minimum atomic E-state index is -0.308. The second kappa shape index (κ2) is 5.65. The summed E-state index contributed by atoms with van der Waals surface area (Å²) in [5, 5.41) is 0. The molecule has 0 fully saturated rings. The van der Waals surface area contributed by atoms with Crippen LogP contribution >= 0.6 is 0 Å². The van der Waals surface area contributed by atoms with E-state index in [1.54, 1.807) is 12.1 Å². The molecule has 0 heterocycles. The van der Waals surface area contributed by atoms with Gasteiger partial charge in [-0.2, -0.15) is 0 Å². The molecule has 0 radical (unpaired) electrons. The van der Waals surface area contributed by atoms with Crippen LogP contribution < -0.4 is 10.5 Å². The van der Waals surface area contributed by atoms with Crippen molar-refractivity contribution in [3.05, 3.63) is 59.9 Å². The quantitative estimate of drug-likeness (QED) is 0.882. The zero-order valence-electron chi connectivity index (χ0n) is 10.3. The van der Waals surface area contributed by atoms with Gasteiger partial charge < -0.3 is 10.5 Å². The van der Waals surface area contributed by atoms with Gasteiger partial charge in [-0.1, -0.05) is 25.1 Å². The highest BCUT2D eigenvalue weighted by atomic mass is 19.1. The van der Waals surface area contributed by atoms with Gasteiger partial charge in [-0.3, -0.25) is 0 Å². The maximum Gasteiger partial charge on any atom is 0.130 e. The predicted molar refractivity (Wildman–Crippen MR) is 70.1 cm³/mol. The zero-order valence-corrected chi connectivity index (χ0v) is 10.3. The summed E-state index contributed by atoms with van der Waals surface area (Å²) in [5.74, 6) is 0.854. The Bertz CT molecular complexity index is 510. The van der Waals surface area contributed by atoms with Crippen LogP contribution in [-0.2, 0) is 0 Å². The molecular formula is C15H16FNO. The van der Waals surface area contributed by atoms with E-state index in [0.717, 1.165) is 12.0 Å². The molecule has 18 heavy (non-hydrogen) atoms. The molecule has 2 aromatic rings. The molecule has 0 aliphatic heterocycles. The van der Waals surface area contributed by atoms with E-state index in [1.807, 2.05) is 31.2 Å². The first-order valence-corrected chi connectivity index (χ1v) is 5.98. The van der Waals surface area contributed by atoms with Gasteiger partial charge in [-0.05, 0) is 36.2 Å². The highest BCUT2D eigenvalue weighted by Gasteiger charge is 2.04. The van der Waals surface area contributed by atoms with E-state index in [4.69, 9.17) is 10.5 Å². The molecule has 2 N–H and O–H groups in total. The Hall–Kier alpha value is -1.87. The zero-order chi connectivity index (χ0) is 13.0. The predicted octanol–water partition coefficient (Wildman–Crippen LogP) is 4.03. The van der Waals surface area contributed by atoms with Gasteiger partial charge in [0.25, 0.3) is 0 Å². The third-order valence-corrected chi connectivity index (χ3v) is 2.78.